The van der Waals surface area contributed by atoms with E-state index in [1.807, 2.05) is 0 Å². The van der Waals surface area contributed by atoms with Crippen LogP contribution in [-0.4, -0.2) is 7.11 Å². The van der Waals surface area contributed by atoms with Gasteiger partial charge in [0.2, 0.25) is 0 Å². The van der Waals surface area contributed by atoms with Crippen LogP contribution in [0.3, 0.4) is 0 Å². The quantitative estimate of drug-likeness (QED) is 0.851. The van der Waals surface area contributed by atoms with Crippen LogP contribution in [0.4, 0.5) is 0 Å². The molecule has 0 heterocycles. The van der Waals surface area contributed by atoms with Gasteiger partial charge in [-0.1, -0.05) is 38.5 Å². The van der Waals surface area contributed by atoms with E-state index in [4.69, 9.17) is 10.5 Å². The highest BCUT2D eigenvalue weighted by Crippen LogP contribution is 2.49. The van der Waals surface area contributed by atoms with Gasteiger partial charge < -0.3 is 10.5 Å². The number of hydrogen-bond donors (Lipinski definition) is 1. The number of hydrogen-bond acceptors (Lipinski definition) is 2. The highest BCUT2D eigenvalue weighted by molar-refractivity contribution is 5.52. The molecule has 1 aliphatic rings. The van der Waals surface area contributed by atoms with Crippen LogP contribution in [0.1, 0.15) is 50.3 Å². The molecule has 0 radical (unpaired) electrons. The largest absolute Gasteiger partial charge is 0.496 e. The highest BCUT2D eigenvalue weighted by Gasteiger charge is 2.43. The van der Waals surface area contributed by atoms with Crippen LogP contribution in [0.5, 0.6) is 5.75 Å². The number of nitrogens with two attached hydrogens (primary N) is 1. The van der Waals surface area contributed by atoms with E-state index in [0.717, 1.165) is 18.6 Å². The molecule has 94 valence electrons. The van der Waals surface area contributed by atoms with Crippen molar-refractivity contribution in [2.24, 2.45) is 5.73 Å². The Labute approximate surface area is 104 Å². The van der Waals surface area contributed by atoms with Crippen LogP contribution in [0, 0.1) is 6.92 Å². The van der Waals surface area contributed by atoms with Gasteiger partial charge in [0.05, 0.1) is 7.11 Å². The average molecular weight is 233 g/mol. The molecule has 0 atom stereocenters. The van der Waals surface area contributed by atoms with E-state index in [9.17, 15) is 0 Å². The Morgan fingerprint density at radius 3 is 2.24 bits per heavy atom. The minimum atomic E-state index is -0.142. The van der Waals surface area contributed by atoms with Gasteiger partial charge in [0.25, 0.3) is 0 Å². The first-order valence-corrected chi connectivity index (χ1v) is 6.26. The van der Waals surface area contributed by atoms with Crippen molar-refractivity contribution < 1.29 is 4.74 Å². The molecule has 2 nitrogen and oxygen atoms in total. The zero-order valence-corrected chi connectivity index (χ0v) is 11.6. The Balaban J connectivity index is 2.64. The lowest BCUT2D eigenvalue weighted by atomic mass is 9.83. The van der Waals surface area contributed by atoms with Crippen LogP contribution in [-0.2, 0) is 11.0 Å². The number of methoxy groups -OCH3 is 1. The smallest absolute Gasteiger partial charge is 0.127 e. The summed E-state index contributed by atoms with van der Waals surface area (Å²) in [5.41, 5.74) is 9.99. The van der Waals surface area contributed by atoms with E-state index in [0.29, 0.717) is 0 Å². The summed E-state index contributed by atoms with van der Waals surface area (Å²) in [6.07, 6.45) is 2.13. The van der Waals surface area contributed by atoms with Gasteiger partial charge in [-0.05, 0) is 25.2 Å². The molecule has 0 saturated heterocycles. The average Bonchev–Trinajstić information content (AvgIpc) is 2.95. The zero-order chi connectivity index (χ0) is 12.8. The lowest BCUT2D eigenvalue weighted by Crippen LogP contribution is -2.22. The van der Waals surface area contributed by atoms with Gasteiger partial charge in [-0.25, -0.2) is 0 Å². The van der Waals surface area contributed by atoms with Crippen molar-refractivity contribution in [3.63, 3.8) is 0 Å². The van der Waals surface area contributed by atoms with Crippen LogP contribution in [0.2, 0.25) is 0 Å². The Kier molecular flexibility index (Phi) is 2.74. The molecule has 1 aromatic carbocycles. The predicted octanol–water partition coefficient (Wildman–Crippen LogP) is 3.25. The molecule has 1 saturated carbocycles. The van der Waals surface area contributed by atoms with Gasteiger partial charge in [0.1, 0.15) is 5.75 Å². The van der Waals surface area contributed by atoms with Crippen molar-refractivity contribution in [2.75, 3.05) is 7.11 Å². The molecule has 0 spiro atoms. The summed E-state index contributed by atoms with van der Waals surface area (Å²) in [4.78, 5) is 0. The van der Waals surface area contributed by atoms with E-state index in [1.54, 1.807) is 7.11 Å². The van der Waals surface area contributed by atoms with Gasteiger partial charge in [0.15, 0.2) is 0 Å². The maximum Gasteiger partial charge on any atom is 0.127 e. The lowest BCUT2D eigenvalue weighted by molar-refractivity contribution is 0.387. The second kappa shape index (κ2) is 3.74. The molecule has 2 rings (SSSR count). The topological polar surface area (TPSA) is 35.2 Å². The minimum absolute atomic E-state index is 0.0807. The number of rotatable bonds is 2. The summed E-state index contributed by atoms with van der Waals surface area (Å²) in [5.74, 6) is 0.989. The first-order chi connectivity index (χ1) is 7.78. The Hall–Kier alpha value is -1.02. The van der Waals surface area contributed by atoms with Crippen molar-refractivity contribution in [1.29, 1.82) is 0 Å². The van der Waals surface area contributed by atoms with Gasteiger partial charge in [-0.3, -0.25) is 0 Å². The van der Waals surface area contributed by atoms with Gasteiger partial charge in [0, 0.05) is 16.7 Å². The van der Waals surface area contributed by atoms with Crippen LogP contribution >= 0.6 is 0 Å². The van der Waals surface area contributed by atoms with Gasteiger partial charge in [-0.2, -0.15) is 0 Å². The van der Waals surface area contributed by atoms with E-state index < -0.39 is 0 Å². The van der Waals surface area contributed by atoms with E-state index >= 15 is 0 Å². The summed E-state index contributed by atoms with van der Waals surface area (Å²) in [5, 5.41) is 0. The van der Waals surface area contributed by atoms with Crippen LogP contribution < -0.4 is 10.5 Å². The fraction of sp³-hybridized carbons (Fsp3) is 0.600. The first-order valence-electron chi connectivity index (χ1n) is 6.26. The molecule has 2 heteroatoms. The molecule has 1 aromatic rings. The summed E-state index contributed by atoms with van der Waals surface area (Å²) in [6, 6.07) is 4.40. The Morgan fingerprint density at radius 1 is 1.24 bits per heavy atom. The minimum Gasteiger partial charge on any atom is -0.496 e. The molecule has 17 heavy (non-hydrogen) atoms. The fourth-order valence-corrected chi connectivity index (χ4v) is 2.32. The van der Waals surface area contributed by atoms with Crippen molar-refractivity contribution in [1.82, 2.24) is 0 Å². The van der Waals surface area contributed by atoms with E-state index in [-0.39, 0.29) is 11.0 Å². The number of ether oxygens (including phenoxy) is 1. The molecule has 0 bridgehead atoms. The lowest BCUT2D eigenvalue weighted by Gasteiger charge is -2.26. The molecule has 1 fully saturated rings. The normalized spacial score (nSPS) is 18.0. The predicted molar refractivity (Wildman–Crippen MR) is 71.5 cm³/mol. The van der Waals surface area contributed by atoms with Crippen molar-refractivity contribution in [3.05, 3.63) is 28.8 Å². The molecular weight excluding hydrogens is 210 g/mol. The maximum atomic E-state index is 6.35. The third kappa shape index (κ3) is 2.19. The highest BCUT2D eigenvalue weighted by atomic mass is 16.5. The zero-order valence-electron chi connectivity index (χ0n) is 11.6. The summed E-state index contributed by atoms with van der Waals surface area (Å²) in [7, 11) is 1.75. The third-order valence-electron chi connectivity index (χ3n) is 3.57. The van der Waals surface area contributed by atoms with Gasteiger partial charge >= 0.3 is 0 Å². The number of benzene rings is 1. The standard InChI is InChI=1S/C15H23NO/c1-10-8-11(14(2,3)4)13(17-5)12(9-10)15(16)6-7-15/h8-9H,6-7,16H2,1-5H3. The second-order valence-electron chi connectivity index (χ2n) is 6.30. The molecule has 0 aromatic heterocycles. The van der Waals surface area contributed by atoms with Crippen molar-refractivity contribution in [2.45, 2.75) is 51.5 Å². The first kappa shape index (κ1) is 12.4. The molecule has 0 aliphatic heterocycles. The van der Waals surface area contributed by atoms with Crippen LogP contribution in [0.15, 0.2) is 12.1 Å². The maximum absolute atomic E-state index is 6.35. The number of aryl methyl sites for hydroxylation is 1. The summed E-state index contributed by atoms with van der Waals surface area (Å²) < 4.78 is 5.64. The van der Waals surface area contributed by atoms with Crippen LogP contribution in [0.25, 0.3) is 0 Å². The fourth-order valence-electron chi connectivity index (χ4n) is 2.32. The van der Waals surface area contributed by atoms with Crippen molar-refractivity contribution >= 4 is 0 Å². The van der Waals surface area contributed by atoms with E-state index in [1.165, 1.54) is 16.7 Å². The summed E-state index contributed by atoms with van der Waals surface area (Å²) >= 11 is 0. The van der Waals surface area contributed by atoms with E-state index in [2.05, 4.69) is 39.8 Å². The SMILES string of the molecule is COc1c(C(C)(C)C)cc(C)cc1C1(N)CC1. The molecule has 2 N–H and O–H groups in total. The summed E-state index contributed by atoms with van der Waals surface area (Å²) in [6.45, 7) is 8.77. The monoisotopic (exact) mass is 233 g/mol. The molecule has 1 aliphatic carbocycles. The molecular formula is C15H23NO. The second-order valence-corrected chi connectivity index (χ2v) is 6.30. The van der Waals surface area contributed by atoms with Gasteiger partial charge in [-0.15, -0.1) is 0 Å². The van der Waals surface area contributed by atoms with Crippen molar-refractivity contribution in [3.8, 4) is 5.75 Å². The molecule has 0 unspecified atom stereocenters. The Bertz CT molecular complexity index is 412. The molecule has 0 amide bonds. The Morgan fingerprint density at radius 2 is 1.82 bits per heavy atom. The third-order valence-corrected chi connectivity index (χ3v) is 3.57.